The number of hydrogen-bond donors (Lipinski definition) is 2. The van der Waals surface area contributed by atoms with Gasteiger partial charge in [-0.05, 0) is 50.5 Å². The number of carbonyl (C=O) groups excluding carboxylic acids is 1. The Morgan fingerprint density at radius 1 is 1.07 bits per heavy atom. The maximum atomic E-state index is 12.7. The summed E-state index contributed by atoms with van der Waals surface area (Å²) in [5.74, 6) is -0.530. The van der Waals surface area contributed by atoms with E-state index in [0.717, 1.165) is 12.8 Å². The molecule has 0 radical (unpaired) electrons. The maximum Gasteiger partial charge on any atom is 0.291 e. The predicted octanol–water partition coefficient (Wildman–Crippen LogP) is 2.78. The lowest BCUT2D eigenvalue weighted by Gasteiger charge is -2.14. The number of amides is 1. The lowest BCUT2D eigenvalue weighted by atomic mass is 10.3. The molecule has 0 unspecified atom stereocenters. The van der Waals surface area contributed by atoms with Crippen LogP contribution in [0, 0.1) is 6.92 Å². The van der Waals surface area contributed by atoms with Crippen LogP contribution in [0.5, 0.6) is 0 Å². The Morgan fingerprint density at radius 2 is 1.67 bits per heavy atom. The van der Waals surface area contributed by atoms with Gasteiger partial charge < -0.3 is 9.73 Å². The Morgan fingerprint density at radius 3 is 2.27 bits per heavy atom. The van der Waals surface area contributed by atoms with Crippen LogP contribution in [0.2, 0.25) is 0 Å². The van der Waals surface area contributed by atoms with Crippen LogP contribution in [0.1, 0.15) is 42.5 Å². The first-order chi connectivity index (χ1) is 14.1. The fraction of sp³-hybridized carbons (Fsp3) is 0.421. The van der Waals surface area contributed by atoms with Gasteiger partial charge in [-0.1, -0.05) is 6.92 Å². The molecule has 1 aliphatic rings. The number of nitrogens with one attached hydrogen (secondary N) is 2. The number of anilines is 2. The van der Waals surface area contributed by atoms with E-state index in [-0.39, 0.29) is 22.2 Å². The molecule has 1 amide bonds. The number of nitrogens with zero attached hydrogens (tertiary/aromatic N) is 1. The third kappa shape index (κ3) is 5.02. The molecule has 1 aromatic carbocycles. The third-order valence-electron chi connectivity index (χ3n) is 4.67. The van der Waals surface area contributed by atoms with Gasteiger partial charge in [-0.2, -0.15) is 4.31 Å². The summed E-state index contributed by atoms with van der Waals surface area (Å²) in [7, 11) is -7.09. The van der Waals surface area contributed by atoms with E-state index in [1.807, 2.05) is 0 Å². The van der Waals surface area contributed by atoms with E-state index >= 15 is 0 Å². The Hall–Kier alpha value is -2.37. The van der Waals surface area contributed by atoms with Gasteiger partial charge in [0, 0.05) is 30.5 Å². The number of sulfonamides is 2. The molecule has 11 heteroatoms. The summed E-state index contributed by atoms with van der Waals surface area (Å²) in [5.41, 5.74) is 0.797. The van der Waals surface area contributed by atoms with Crippen molar-refractivity contribution in [3.63, 3.8) is 0 Å². The molecule has 1 saturated heterocycles. The van der Waals surface area contributed by atoms with Gasteiger partial charge in [0.15, 0.2) is 5.76 Å². The van der Waals surface area contributed by atoms with Crippen molar-refractivity contribution in [3.05, 3.63) is 41.9 Å². The molecule has 0 spiro atoms. The molecular weight excluding hydrogens is 430 g/mol. The second-order valence-electron chi connectivity index (χ2n) is 7.09. The van der Waals surface area contributed by atoms with Gasteiger partial charge in [0.05, 0.1) is 5.75 Å². The van der Waals surface area contributed by atoms with Crippen LogP contribution in [0.4, 0.5) is 11.4 Å². The fourth-order valence-electron chi connectivity index (χ4n) is 3.21. The lowest BCUT2D eigenvalue weighted by molar-refractivity contribution is 0.0995. The van der Waals surface area contributed by atoms with Crippen LogP contribution in [0.15, 0.2) is 39.6 Å². The molecule has 164 valence electrons. The van der Waals surface area contributed by atoms with Gasteiger partial charge in [-0.25, -0.2) is 16.8 Å². The molecule has 1 aliphatic heterocycles. The Bertz CT molecular complexity index is 1120. The van der Waals surface area contributed by atoms with Crippen molar-refractivity contribution in [2.45, 2.75) is 38.0 Å². The number of furan rings is 1. The van der Waals surface area contributed by atoms with Crippen LogP contribution in [0.3, 0.4) is 0 Å². The van der Waals surface area contributed by atoms with Gasteiger partial charge in [-0.3, -0.25) is 9.52 Å². The molecule has 2 N–H and O–H groups in total. The van der Waals surface area contributed by atoms with Crippen molar-refractivity contribution >= 4 is 37.3 Å². The molecule has 1 aromatic heterocycles. The monoisotopic (exact) mass is 455 g/mol. The smallest absolute Gasteiger partial charge is 0.291 e. The average molecular weight is 456 g/mol. The zero-order valence-corrected chi connectivity index (χ0v) is 18.5. The van der Waals surface area contributed by atoms with Crippen molar-refractivity contribution in [1.29, 1.82) is 0 Å². The third-order valence-corrected chi connectivity index (χ3v) is 8.17. The summed E-state index contributed by atoms with van der Waals surface area (Å²) in [5, 5.41) is 2.62. The first-order valence-corrected chi connectivity index (χ1v) is 12.7. The largest absolute Gasteiger partial charge is 0.455 e. The first-order valence-electron chi connectivity index (χ1n) is 9.65. The quantitative estimate of drug-likeness (QED) is 0.630. The average Bonchev–Trinajstić information content (AvgIpc) is 3.33. The van der Waals surface area contributed by atoms with Crippen LogP contribution < -0.4 is 10.0 Å². The summed E-state index contributed by atoms with van der Waals surface area (Å²) in [4.78, 5) is 12.5. The number of aryl methyl sites for hydroxylation is 1. The molecule has 0 aliphatic carbocycles. The van der Waals surface area contributed by atoms with Gasteiger partial charge in [0.25, 0.3) is 5.91 Å². The zero-order chi connectivity index (χ0) is 21.9. The highest BCUT2D eigenvalue weighted by molar-refractivity contribution is 7.92. The van der Waals surface area contributed by atoms with Crippen LogP contribution in [-0.4, -0.2) is 45.9 Å². The second-order valence-corrected chi connectivity index (χ2v) is 10.8. The van der Waals surface area contributed by atoms with Crippen LogP contribution >= 0.6 is 0 Å². The van der Waals surface area contributed by atoms with Gasteiger partial charge in [0.2, 0.25) is 20.0 Å². The molecule has 30 heavy (non-hydrogen) atoms. The standard InChI is InChI=1S/C19H25N3O6S2/c1-3-12-29(24,25)21-16-8-6-15(7-9-16)20-19(23)17-13-18(14(2)28-17)30(26,27)22-10-4-5-11-22/h6-9,13,21H,3-5,10-12H2,1-2H3,(H,20,23). The number of carbonyl (C=O) groups is 1. The molecule has 2 aromatic rings. The molecule has 9 nitrogen and oxygen atoms in total. The SMILES string of the molecule is CCCS(=O)(=O)Nc1ccc(NC(=O)c2cc(S(=O)(=O)N3CCCC3)c(C)o2)cc1. The second kappa shape index (κ2) is 8.78. The minimum absolute atomic E-state index is 0.00442. The van der Waals surface area contributed by atoms with Crippen molar-refractivity contribution in [3.8, 4) is 0 Å². The summed E-state index contributed by atoms with van der Waals surface area (Å²) in [6.07, 6.45) is 2.13. The van der Waals surface area contributed by atoms with Gasteiger partial charge in [0.1, 0.15) is 10.7 Å². The van der Waals surface area contributed by atoms with Gasteiger partial charge >= 0.3 is 0 Å². The molecule has 3 rings (SSSR count). The van der Waals surface area contributed by atoms with Crippen molar-refractivity contribution in [1.82, 2.24) is 4.31 Å². The number of rotatable bonds is 8. The van der Waals surface area contributed by atoms with Crippen molar-refractivity contribution in [2.75, 3.05) is 28.9 Å². The molecule has 0 bridgehead atoms. The number of benzene rings is 1. The van der Waals surface area contributed by atoms with E-state index in [0.29, 0.717) is 30.9 Å². The maximum absolute atomic E-state index is 12.7. The normalized spacial score (nSPS) is 15.3. The fourth-order valence-corrected chi connectivity index (χ4v) is 6.03. The molecule has 1 fully saturated rings. The summed E-state index contributed by atoms with van der Waals surface area (Å²) in [6, 6.07) is 7.38. The van der Waals surface area contributed by atoms with E-state index in [9.17, 15) is 21.6 Å². The molecule has 0 atom stereocenters. The van der Waals surface area contributed by atoms with E-state index in [4.69, 9.17) is 4.42 Å². The van der Waals surface area contributed by atoms with Crippen LogP contribution in [0.25, 0.3) is 0 Å². The Kier molecular flexibility index (Phi) is 6.53. The highest BCUT2D eigenvalue weighted by Gasteiger charge is 2.31. The van der Waals surface area contributed by atoms with E-state index in [1.54, 1.807) is 19.1 Å². The predicted molar refractivity (Wildman–Crippen MR) is 114 cm³/mol. The summed E-state index contributed by atoms with van der Waals surface area (Å²) >= 11 is 0. The van der Waals surface area contributed by atoms with Crippen molar-refractivity contribution < 1.29 is 26.0 Å². The van der Waals surface area contributed by atoms with Crippen molar-refractivity contribution in [2.24, 2.45) is 0 Å². The zero-order valence-electron chi connectivity index (χ0n) is 16.8. The minimum atomic E-state index is -3.69. The van der Waals surface area contributed by atoms with E-state index in [2.05, 4.69) is 10.0 Å². The molecule has 0 saturated carbocycles. The minimum Gasteiger partial charge on any atom is -0.455 e. The molecule has 2 heterocycles. The Labute approximate surface area is 176 Å². The number of hydrogen-bond acceptors (Lipinski definition) is 6. The van der Waals surface area contributed by atoms with Crippen LogP contribution in [-0.2, 0) is 20.0 Å². The summed E-state index contributed by atoms with van der Waals surface area (Å²) in [6.45, 7) is 4.21. The highest BCUT2D eigenvalue weighted by Crippen LogP contribution is 2.27. The van der Waals surface area contributed by atoms with Gasteiger partial charge in [-0.15, -0.1) is 0 Å². The lowest BCUT2D eigenvalue weighted by Crippen LogP contribution is -2.28. The Balaban J connectivity index is 1.71. The first kappa shape index (κ1) is 22.3. The highest BCUT2D eigenvalue weighted by atomic mass is 32.2. The summed E-state index contributed by atoms with van der Waals surface area (Å²) < 4.78 is 58.3. The van der Waals surface area contributed by atoms with E-state index in [1.165, 1.54) is 29.4 Å². The van der Waals surface area contributed by atoms with E-state index < -0.39 is 26.0 Å². The molecular formula is C19H25N3O6S2. The topological polar surface area (TPSA) is 126 Å².